The summed E-state index contributed by atoms with van der Waals surface area (Å²) < 4.78 is 6.03. The lowest BCUT2D eigenvalue weighted by molar-refractivity contribution is -0.0278. The van der Waals surface area contributed by atoms with Crippen LogP contribution in [0.1, 0.15) is 35.6 Å². The smallest absolute Gasteiger partial charge is 0.0991 e. The normalized spacial score (nSPS) is 20.8. The summed E-state index contributed by atoms with van der Waals surface area (Å²) in [5.74, 6) is 0.504. The Morgan fingerprint density at radius 2 is 1.87 bits per heavy atom. The monoisotopic (exact) mass is 306 g/mol. The van der Waals surface area contributed by atoms with E-state index in [1.807, 2.05) is 30.3 Å². The van der Waals surface area contributed by atoms with Crippen LogP contribution in [-0.4, -0.2) is 13.2 Å². The molecular formula is C20H22N2O. The topological polar surface area (TPSA) is 45.0 Å². The fourth-order valence-corrected chi connectivity index (χ4v) is 3.16. The van der Waals surface area contributed by atoms with E-state index in [1.54, 1.807) is 0 Å². The third kappa shape index (κ3) is 4.19. The highest BCUT2D eigenvalue weighted by molar-refractivity contribution is 5.31. The van der Waals surface area contributed by atoms with Crippen molar-refractivity contribution < 1.29 is 4.74 Å². The van der Waals surface area contributed by atoms with Crippen molar-refractivity contribution in [3.05, 3.63) is 71.3 Å². The fourth-order valence-electron chi connectivity index (χ4n) is 3.16. The summed E-state index contributed by atoms with van der Waals surface area (Å²) >= 11 is 0. The summed E-state index contributed by atoms with van der Waals surface area (Å²) in [5.41, 5.74) is 3.19. The number of ether oxygens (including phenoxy) is 1. The van der Waals surface area contributed by atoms with Crippen LogP contribution in [0.15, 0.2) is 54.6 Å². The van der Waals surface area contributed by atoms with Crippen LogP contribution in [0.5, 0.6) is 0 Å². The zero-order valence-corrected chi connectivity index (χ0v) is 13.2. The highest BCUT2D eigenvalue weighted by Crippen LogP contribution is 2.33. The molecule has 3 rings (SSSR count). The molecule has 2 atom stereocenters. The molecule has 1 fully saturated rings. The van der Waals surface area contributed by atoms with Crippen LogP contribution in [0.3, 0.4) is 0 Å². The van der Waals surface area contributed by atoms with Gasteiger partial charge in [0.2, 0.25) is 0 Å². The predicted octanol–water partition coefficient (Wildman–Crippen LogP) is 3.82. The van der Waals surface area contributed by atoms with Gasteiger partial charge in [0.15, 0.2) is 0 Å². The lowest BCUT2D eigenvalue weighted by atomic mass is 9.89. The molecule has 0 saturated carbocycles. The van der Waals surface area contributed by atoms with Gasteiger partial charge in [-0.25, -0.2) is 0 Å². The Morgan fingerprint density at radius 3 is 2.61 bits per heavy atom. The van der Waals surface area contributed by atoms with Crippen LogP contribution in [0.25, 0.3) is 0 Å². The number of nitrogens with one attached hydrogen (secondary N) is 1. The minimum atomic E-state index is 0.193. The van der Waals surface area contributed by atoms with Gasteiger partial charge >= 0.3 is 0 Å². The van der Waals surface area contributed by atoms with Crippen molar-refractivity contribution in [3.8, 4) is 6.07 Å². The molecule has 1 heterocycles. The molecule has 2 aromatic rings. The zero-order valence-electron chi connectivity index (χ0n) is 13.2. The summed E-state index contributed by atoms with van der Waals surface area (Å²) in [6.07, 6.45) is 2.52. The van der Waals surface area contributed by atoms with Gasteiger partial charge in [0.25, 0.3) is 0 Å². The first-order valence-corrected chi connectivity index (χ1v) is 8.23. The molecule has 23 heavy (non-hydrogen) atoms. The molecule has 0 radical (unpaired) electrons. The molecule has 0 aliphatic carbocycles. The van der Waals surface area contributed by atoms with E-state index < -0.39 is 0 Å². The quantitative estimate of drug-likeness (QED) is 0.913. The van der Waals surface area contributed by atoms with Gasteiger partial charge in [0.05, 0.1) is 17.7 Å². The van der Waals surface area contributed by atoms with E-state index >= 15 is 0 Å². The second-order valence-electron chi connectivity index (χ2n) is 6.04. The maximum Gasteiger partial charge on any atom is 0.0991 e. The minimum Gasteiger partial charge on any atom is -0.373 e. The van der Waals surface area contributed by atoms with Crippen LogP contribution in [-0.2, 0) is 11.3 Å². The zero-order chi connectivity index (χ0) is 15.9. The molecule has 1 saturated heterocycles. The second-order valence-corrected chi connectivity index (χ2v) is 6.04. The van der Waals surface area contributed by atoms with Crippen LogP contribution in [0, 0.1) is 17.2 Å². The van der Waals surface area contributed by atoms with E-state index in [1.165, 1.54) is 17.5 Å². The number of nitriles is 1. The van der Waals surface area contributed by atoms with Crippen LogP contribution < -0.4 is 5.32 Å². The van der Waals surface area contributed by atoms with E-state index in [4.69, 9.17) is 10.00 Å². The first-order valence-electron chi connectivity index (χ1n) is 8.23. The Hall–Kier alpha value is -2.15. The summed E-state index contributed by atoms with van der Waals surface area (Å²) in [4.78, 5) is 0. The molecule has 2 unspecified atom stereocenters. The molecule has 0 bridgehead atoms. The maximum atomic E-state index is 8.83. The summed E-state index contributed by atoms with van der Waals surface area (Å²) in [7, 11) is 0. The van der Waals surface area contributed by atoms with E-state index in [2.05, 4.69) is 35.7 Å². The highest BCUT2D eigenvalue weighted by Gasteiger charge is 2.26. The van der Waals surface area contributed by atoms with Gasteiger partial charge in [0, 0.05) is 25.6 Å². The lowest BCUT2D eigenvalue weighted by Gasteiger charge is -2.32. The molecule has 3 heteroatoms. The Labute approximate surface area is 137 Å². The Morgan fingerprint density at radius 1 is 1.09 bits per heavy atom. The van der Waals surface area contributed by atoms with Gasteiger partial charge in [-0.2, -0.15) is 5.26 Å². The third-order valence-electron chi connectivity index (χ3n) is 4.39. The molecule has 1 aliphatic rings. The Balaban J connectivity index is 1.56. The van der Waals surface area contributed by atoms with Crippen molar-refractivity contribution in [2.24, 2.45) is 5.92 Å². The van der Waals surface area contributed by atoms with E-state index in [-0.39, 0.29) is 6.10 Å². The molecular weight excluding hydrogens is 284 g/mol. The van der Waals surface area contributed by atoms with E-state index in [0.717, 1.165) is 26.1 Å². The number of hydrogen-bond donors (Lipinski definition) is 1. The molecule has 0 aromatic heterocycles. The largest absolute Gasteiger partial charge is 0.373 e. The van der Waals surface area contributed by atoms with Gasteiger partial charge < -0.3 is 10.1 Å². The van der Waals surface area contributed by atoms with Crippen molar-refractivity contribution in [3.63, 3.8) is 0 Å². The molecule has 1 aliphatic heterocycles. The molecule has 3 nitrogen and oxygen atoms in total. The SMILES string of the molecule is N#Cc1ccc(CNCC2CCCOC2c2ccccc2)cc1. The predicted molar refractivity (Wildman–Crippen MR) is 90.7 cm³/mol. The van der Waals surface area contributed by atoms with Crippen LogP contribution in [0.4, 0.5) is 0 Å². The average molecular weight is 306 g/mol. The molecule has 1 N–H and O–H groups in total. The van der Waals surface area contributed by atoms with Gasteiger partial charge in [-0.3, -0.25) is 0 Å². The number of benzene rings is 2. The van der Waals surface area contributed by atoms with Gasteiger partial charge in [-0.05, 0) is 36.1 Å². The van der Waals surface area contributed by atoms with Gasteiger partial charge in [0.1, 0.15) is 0 Å². The van der Waals surface area contributed by atoms with Crippen molar-refractivity contribution in [1.82, 2.24) is 5.32 Å². The Bertz CT molecular complexity index is 646. The number of nitrogens with zero attached hydrogens (tertiary/aromatic N) is 1. The fraction of sp³-hybridized carbons (Fsp3) is 0.350. The van der Waals surface area contributed by atoms with Crippen LogP contribution in [0.2, 0.25) is 0 Å². The van der Waals surface area contributed by atoms with Crippen molar-refractivity contribution in [1.29, 1.82) is 5.26 Å². The van der Waals surface area contributed by atoms with Crippen LogP contribution >= 0.6 is 0 Å². The highest BCUT2D eigenvalue weighted by atomic mass is 16.5. The Kier molecular flexibility index (Phi) is 5.42. The minimum absolute atomic E-state index is 0.193. The molecule has 0 spiro atoms. The first kappa shape index (κ1) is 15.7. The number of rotatable bonds is 5. The summed E-state index contributed by atoms with van der Waals surface area (Å²) in [6, 6.07) is 20.4. The molecule has 118 valence electrons. The van der Waals surface area contributed by atoms with E-state index in [9.17, 15) is 0 Å². The second kappa shape index (κ2) is 7.92. The summed E-state index contributed by atoms with van der Waals surface area (Å²) in [6.45, 7) is 2.62. The molecule has 2 aromatic carbocycles. The summed E-state index contributed by atoms with van der Waals surface area (Å²) in [5, 5.41) is 12.4. The van der Waals surface area contributed by atoms with Crippen molar-refractivity contribution >= 4 is 0 Å². The average Bonchev–Trinajstić information content (AvgIpc) is 2.63. The van der Waals surface area contributed by atoms with Gasteiger partial charge in [-0.1, -0.05) is 42.5 Å². The number of hydrogen-bond acceptors (Lipinski definition) is 3. The van der Waals surface area contributed by atoms with Crippen molar-refractivity contribution in [2.75, 3.05) is 13.2 Å². The van der Waals surface area contributed by atoms with Crippen molar-refractivity contribution in [2.45, 2.75) is 25.5 Å². The molecule has 0 amide bonds. The van der Waals surface area contributed by atoms with Gasteiger partial charge in [-0.15, -0.1) is 0 Å². The van der Waals surface area contributed by atoms with E-state index in [0.29, 0.717) is 11.5 Å². The standard InChI is InChI=1S/C20H22N2O/c21-13-16-8-10-17(11-9-16)14-22-15-19-7-4-12-23-20(19)18-5-2-1-3-6-18/h1-3,5-6,8-11,19-20,22H,4,7,12,14-15H2. The first-order chi connectivity index (χ1) is 11.4. The lowest BCUT2D eigenvalue weighted by Crippen LogP contribution is -2.31. The third-order valence-corrected chi connectivity index (χ3v) is 4.39. The maximum absolute atomic E-state index is 8.83.